The van der Waals surface area contributed by atoms with Gasteiger partial charge in [0.05, 0.1) is 12.1 Å². The Kier molecular flexibility index (Phi) is 3.13. The fourth-order valence-corrected chi connectivity index (χ4v) is 2.34. The second kappa shape index (κ2) is 4.27. The molecule has 0 atom stereocenters. The zero-order valence-electron chi connectivity index (χ0n) is 9.85. The van der Waals surface area contributed by atoms with Crippen LogP contribution in [-0.2, 0) is 6.42 Å². The van der Waals surface area contributed by atoms with Gasteiger partial charge in [-0.05, 0) is 61.4 Å². The lowest BCUT2D eigenvalue weighted by atomic mass is 9.93. The molecule has 2 rings (SSSR count). The molecule has 1 aromatic rings. The summed E-state index contributed by atoms with van der Waals surface area (Å²) < 4.78 is 5.20. The van der Waals surface area contributed by atoms with Crippen molar-refractivity contribution in [2.75, 3.05) is 13.7 Å². The summed E-state index contributed by atoms with van der Waals surface area (Å²) >= 11 is 6.14. The summed E-state index contributed by atoms with van der Waals surface area (Å²) in [5, 5.41) is 0.691. The van der Waals surface area contributed by atoms with Crippen LogP contribution >= 0.6 is 11.6 Å². The molecule has 1 saturated carbocycles. The molecule has 1 aliphatic rings. The van der Waals surface area contributed by atoms with Crippen molar-refractivity contribution in [3.05, 3.63) is 28.3 Å². The summed E-state index contributed by atoms with van der Waals surface area (Å²) in [5.74, 6) is 0.750. The van der Waals surface area contributed by atoms with E-state index in [0.717, 1.165) is 18.7 Å². The van der Waals surface area contributed by atoms with E-state index < -0.39 is 0 Å². The Morgan fingerprint density at radius 2 is 2.12 bits per heavy atom. The molecule has 0 radical (unpaired) electrons. The van der Waals surface area contributed by atoms with Gasteiger partial charge >= 0.3 is 0 Å². The highest BCUT2D eigenvalue weighted by Crippen LogP contribution is 2.48. The summed E-state index contributed by atoms with van der Waals surface area (Å²) in [7, 11) is 1.64. The van der Waals surface area contributed by atoms with Crippen molar-refractivity contribution in [3.63, 3.8) is 0 Å². The maximum Gasteiger partial charge on any atom is 0.137 e. The molecule has 1 aromatic carbocycles. The average molecular weight is 240 g/mol. The molecule has 16 heavy (non-hydrogen) atoms. The van der Waals surface area contributed by atoms with Crippen molar-refractivity contribution >= 4 is 11.6 Å². The summed E-state index contributed by atoms with van der Waals surface area (Å²) in [6, 6.07) is 4.02. The molecular weight excluding hydrogens is 222 g/mol. The average Bonchev–Trinajstić information content (AvgIpc) is 3.03. The number of hydrogen-bond acceptors (Lipinski definition) is 2. The molecule has 88 valence electrons. The minimum atomic E-state index is 0.350. The molecule has 3 heteroatoms. The molecular formula is C13H18ClNO. The van der Waals surface area contributed by atoms with Crippen LogP contribution < -0.4 is 10.5 Å². The predicted molar refractivity (Wildman–Crippen MR) is 67.2 cm³/mol. The van der Waals surface area contributed by atoms with E-state index in [2.05, 4.69) is 6.92 Å². The summed E-state index contributed by atoms with van der Waals surface area (Å²) in [4.78, 5) is 0. The summed E-state index contributed by atoms with van der Waals surface area (Å²) in [5.41, 5.74) is 8.69. The van der Waals surface area contributed by atoms with Crippen molar-refractivity contribution in [2.24, 2.45) is 11.1 Å². The van der Waals surface area contributed by atoms with E-state index in [1.165, 1.54) is 24.0 Å². The normalized spacial score (nSPS) is 17.2. The van der Waals surface area contributed by atoms with Crippen molar-refractivity contribution in [2.45, 2.75) is 26.2 Å². The van der Waals surface area contributed by atoms with Crippen LogP contribution in [0.1, 0.15) is 24.0 Å². The molecule has 2 N–H and O–H groups in total. The van der Waals surface area contributed by atoms with E-state index in [0.29, 0.717) is 10.4 Å². The van der Waals surface area contributed by atoms with Gasteiger partial charge in [-0.15, -0.1) is 0 Å². The fraction of sp³-hybridized carbons (Fsp3) is 0.538. The minimum absolute atomic E-state index is 0.350. The predicted octanol–water partition coefficient (Wildman–Crippen LogP) is 2.94. The fourth-order valence-electron chi connectivity index (χ4n) is 2.08. The van der Waals surface area contributed by atoms with Crippen LogP contribution in [-0.4, -0.2) is 13.7 Å². The van der Waals surface area contributed by atoms with Gasteiger partial charge in [0.1, 0.15) is 5.75 Å². The second-order valence-corrected chi connectivity index (χ2v) is 5.20. The Hall–Kier alpha value is -0.730. The lowest BCUT2D eigenvalue weighted by Crippen LogP contribution is -2.18. The van der Waals surface area contributed by atoms with Crippen molar-refractivity contribution < 1.29 is 4.74 Å². The number of hydrogen-bond donors (Lipinski definition) is 1. The highest BCUT2D eigenvalue weighted by Gasteiger charge is 2.41. The van der Waals surface area contributed by atoms with Crippen LogP contribution in [0.2, 0.25) is 5.02 Å². The minimum Gasteiger partial charge on any atom is -0.495 e. The Balaban J connectivity index is 2.25. The van der Waals surface area contributed by atoms with E-state index in [4.69, 9.17) is 22.1 Å². The topological polar surface area (TPSA) is 35.2 Å². The molecule has 0 bridgehead atoms. The van der Waals surface area contributed by atoms with Crippen LogP contribution in [0.15, 0.2) is 12.1 Å². The number of ether oxygens (including phenoxy) is 1. The van der Waals surface area contributed by atoms with Crippen LogP contribution in [0.25, 0.3) is 0 Å². The van der Waals surface area contributed by atoms with Gasteiger partial charge in [-0.3, -0.25) is 0 Å². The van der Waals surface area contributed by atoms with Gasteiger partial charge in [-0.2, -0.15) is 0 Å². The van der Waals surface area contributed by atoms with Crippen molar-refractivity contribution in [1.29, 1.82) is 0 Å². The van der Waals surface area contributed by atoms with Crippen LogP contribution in [0.3, 0.4) is 0 Å². The lowest BCUT2D eigenvalue weighted by Gasteiger charge is -2.15. The zero-order chi connectivity index (χ0) is 11.8. The Morgan fingerprint density at radius 3 is 2.62 bits per heavy atom. The number of rotatable bonds is 4. The van der Waals surface area contributed by atoms with Gasteiger partial charge in [-0.25, -0.2) is 0 Å². The molecule has 0 aromatic heterocycles. The van der Waals surface area contributed by atoms with Gasteiger partial charge in [0.2, 0.25) is 0 Å². The number of halogens is 1. The van der Waals surface area contributed by atoms with Crippen molar-refractivity contribution in [1.82, 2.24) is 0 Å². The first-order chi connectivity index (χ1) is 7.60. The number of nitrogens with two attached hydrogens (primary N) is 1. The van der Waals surface area contributed by atoms with Gasteiger partial charge in [0.25, 0.3) is 0 Å². The Bertz CT molecular complexity index is 399. The molecule has 0 amide bonds. The molecule has 0 unspecified atom stereocenters. The highest BCUT2D eigenvalue weighted by molar-refractivity contribution is 6.32. The van der Waals surface area contributed by atoms with Crippen LogP contribution in [0.4, 0.5) is 0 Å². The van der Waals surface area contributed by atoms with E-state index in [9.17, 15) is 0 Å². The quantitative estimate of drug-likeness (QED) is 0.877. The molecule has 0 spiro atoms. The number of aryl methyl sites for hydroxylation is 1. The van der Waals surface area contributed by atoms with E-state index in [-0.39, 0.29) is 0 Å². The monoisotopic (exact) mass is 239 g/mol. The highest BCUT2D eigenvalue weighted by atomic mass is 35.5. The summed E-state index contributed by atoms with van der Waals surface area (Å²) in [6.07, 6.45) is 3.53. The first kappa shape index (κ1) is 11.7. The molecule has 0 heterocycles. The van der Waals surface area contributed by atoms with Gasteiger partial charge in [0.15, 0.2) is 0 Å². The maximum absolute atomic E-state index is 6.14. The first-order valence-corrected chi connectivity index (χ1v) is 6.01. The third-order valence-electron chi connectivity index (χ3n) is 3.57. The smallest absolute Gasteiger partial charge is 0.137 e. The number of benzene rings is 1. The molecule has 0 saturated heterocycles. The molecule has 1 fully saturated rings. The second-order valence-electron chi connectivity index (χ2n) is 4.79. The SMILES string of the molecule is COc1cc(C)c(CC2(CN)CC2)cc1Cl. The van der Waals surface area contributed by atoms with Crippen molar-refractivity contribution in [3.8, 4) is 5.75 Å². The van der Waals surface area contributed by atoms with E-state index >= 15 is 0 Å². The van der Waals surface area contributed by atoms with Crippen LogP contribution in [0, 0.1) is 12.3 Å². The number of methoxy groups -OCH3 is 1. The Morgan fingerprint density at radius 1 is 1.44 bits per heavy atom. The summed E-state index contributed by atoms with van der Waals surface area (Å²) in [6.45, 7) is 2.87. The van der Waals surface area contributed by atoms with E-state index in [1.54, 1.807) is 7.11 Å². The third kappa shape index (κ3) is 2.18. The Labute approximate surface area is 102 Å². The molecule has 0 aliphatic heterocycles. The zero-order valence-corrected chi connectivity index (χ0v) is 10.6. The maximum atomic E-state index is 6.14. The third-order valence-corrected chi connectivity index (χ3v) is 3.86. The first-order valence-electron chi connectivity index (χ1n) is 5.63. The molecule has 1 aliphatic carbocycles. The largest absolute Gasteiger partial charge is 0.495 e. The van der Waals surface area contributed by atoms with Gasteiger partial charge in [-0.1, -0.05) is 11.6 Å². The van der Waals surface area contributed by atoms with Gasteiger partial charge in [0, 0.05) is 0 Å². The van der Waals surface area contributed by atoms with Gasteiger partial charge < -0.3 is 10.5 Å². The standard InChI is InChI=1S/C13H18ClNO/c1-9-5-12(16-2)11(14)6-10(9)7-13(8-15)3-4-13/h5-6H,3-4,7-8,15H2,1-2H3. The molecule has 2 nitrogen and oxygen atoms in total. The van der Waals surface area contributed by atoms with E-state index in [1.807, 2.05) is 12.1 Å². The van der Waals surface area contributed by atoms with Crippen LogP contribution in [0.5, 0.6) is 5.75 Å². The lowest BCUT2D eigenvalue weighted by molar-refractivity contribution is 0.414.